The van der Waals surface area contributed by atoms with Crippen molar-refractivity contribution in [2.75, 3.05) is 12.0 Å². The van der Waals surface area contributed by atoms with Crippen LogP contribution in [-0.2, 0) is 13.0 Å². The van der Waals surface area contributed by atoms with E-state index >= 15 is 0 Å². The normalized spacial score (nSPS) is 10.0. The van der Waals surface area contributed by atoms with E-state index in [-0.39, 0.29) is 0 Å². The van der Waals surface area contributed by atoms with E-state index in [2.05, 4.69) is 21.9 Å². The number of nitrogens with zero attached hydrogens (tertiary/aromatic N) is 2. The number of aromatic amines is 1. The molecule has 1 rings (SSSR count). The number of rotatable bonds is 6. The lowest BCUT2D eigenvalue weighted by atomic mass is 10.3. The summed E-state index contributed by atoms with van der Waals surface area (Å²) in [5, 5.41) is 8.49. The molecule has 14 heavy (non-hydrogen) atoms. The van der Waals surface area contributed by atoms with Gasteiger partial charge in [0.1, 0.15) is 18.9 Å². The highest BCUT2D eigenvalue weighted by molar-refractivity contribution is 7.98. The number of hydrogen-bond donors (Lipinski definition) is 1. The van der Waals surface area contributed by atoms with E-state index in [0.717, 1.165) is 13.0 Å². The molecule has 0 bridgehead atoms. The van der Waals surface area contributed by atoms with E-state index in [0.29, 0.717) is 6.42 Å². The van der Waals surface area contributed by atoms with E-state index in [1.807, 2.05) is 24.2 Å². The van der Waals surface area contributed by atoms with Crippen LogP contribution in [0.1, 0.15) is 18.7 Å². The Bertz CT molecular complexity index is 301. The van der Waals surface area contributed by atoms with Gasteiger partial charge < -0.3 is 0 Å². The number of nitrogens with one attached hydrogen (secondary N) is 1. The summed E-state index contributed by atoms with van der Waals surface area (Å²) in [7, 11) is 0. The van der Waals surface area contributed by atoms with E-state index in [1.54, 1.807) is 0 Å². The van der Waals surface area contributed by atoms with Crippen LogP contribution in [0.2, 0.25) is 0 Å². The van der Waals surface area contributed by atoms with Gasteiger partial charge in [0.25, 0.3) is 5.82 Å². The molecule has 1 heterocycles. The van der Waals surface area contributed by atoms with Crippen molar-refractivity contribution in [1.29, 1.82) is 5.26 Å². The minimum atomic E-state index is 0.581. The number of aryl methyl sites for hydroxylation is 2. The van der Waals surface area contributed by atoms with Gasteiger partial charge in [-0.3, -0.25) is 0 Å². The molecule has 1 aromatic rings. The maximum atomic E-state index is 8.49. The molecule has 0 aliphatic heterocycles. The molecule has 0 saturated heterocycles. The maximum Gasteiger partial charge on any atom is 0.254 e. The van der Waals surface area contributed by atoms with Gasteiger partial charge in [-0.2, -0.15) is 17.0 Å². The number of nitriles is 1. The summed E-state index contributed by atoms with van der Waals surface area (Å²) in [5.74, 6) is 2.42. The van der Waals surface area contributed by atoms with Crippen molar-refractivity contribution >= 4 is 11.8 Å². The first kappa shape index (κ1) is 11.1. The lowest BCUT2D eigenvalue weighted by molar-refractivity contribution is -0.701. The van der Waals surface area contributed by atoms with E-state index in [9.17, 15) is 0 Å². The summed E-state index contributed by atoms with van der Waals surface area (Å²) in [6.45, 7) is 0.800. The van der Waals surface area contributed by atoms with E-state index in [1.165, 1.54) is 18.0 Å². The quantitative estimate of drug-likeness (QED) is 0.571. The van der Waals surface area contributed by atoms with Crippen molar-refractivity contribution in [3.05, 3.63) is 18.2 Å². The van der Waals surface area contributed by atoms with Crippen molar-refractivity contribution in [1.82, 2.24) is 4.98 Å². The van der Waals surface area contributed by atoms with Crippen LogP contribution in [0.15, 0.2) is 12.4 Å². The summed E-state index contributed by atoms with van der Waals surface area (Å²) >= 11 is 1.87. The molecular weight excluding hydrogens is 194 g/mol. The molecule has 0 atom stereocenters. The summed E-state index contributed by atoms with van der Waals surface area (Å²) < 4.78 is 2.13. The molecule has 0 radical (unpaired) electrons. The van der Waals surface area contributed by atoms with Crippen molar-refractivity contribution in [3.63, 3.8) is 0 Å². The van der Waals surface area contributed by atoms with E-state index < -0.39 is 0 Å². The largest absolute Gasteiger partial charge is 0.254 e. The van der Waals surface area contributed by atoms with Crippen LogP contribution < -0.4 is 4.57 Å². The molecule has 0 unspecified atom stereocenters. The van der Waals surface area contributed by atoms with Crippen LogP contribution in [0.25, 0.3) is 0 Å². The Hall–Kier alpha value is -0.950. The van der Waals surface area contributed by atoms with Crippen LogP contribution in [0.4, 0.5) is 0 Å². The Morgan fingerprint density at radius 1 is 1.64 bits per heavy atom. The van der Waals surface area contributed by atoms with Gasteiger partial charge in [0.15, 0.2) is 0 Å². The Morgan fingerprint density at radius 2 is 2.50 bits per heavy atom. The highest BCUT2D eigenvalue weighted by atomic mass is 32.2. The third kappa shape index (κ3) is 3.43. The fraction of sp³-hybridized carbons (Fsp3) is 0.600. The van der Waals surface area contributed by atoms with Gasteiger partial charge >= 0.3 is 0 Å². The SMILES string of the molecule is CSCCCc1[nH]cc[n+]1CCC#N. The molecule has 3 nitrogen and oxygen atoms in total. The first-order valence-corrected chi connectivity index (χ1v) is 6.19. The molecule has 76 valence electrons. The summed E-state index contributed by atoms with van der Waals surface area (Å²) in [4.78, 5) is 3.22. The third-order valence-corrected chi connectivity index (χ3v) is 2.77. The molecular formula is C10H16N3S+. The molecule has 0 saturated carbocycles. The van der Waals surface area contributed by atoms with Gasteiger partial charge in [-0.25, -0.2) is 9.55 Å². The van der Waals surface area contributed by atoms with Crippen molar-refractivity contribution in [3.8, 4) is 6.07 Å². The van der Waals surface area contributed by atoms with Crippen LogP contribution >= 0.6 is 11.8 Å². The van der Waals surface area contributed by atoms with Crippen molar-refractivity contribution in [2.24, 2.45) is 0 Å². The molecule has 1 aromatic heterocycles. The van der Waals surface area contributed by atoms with Crippen molar-refractivity contribution in [2.45, 2.75) is 25.8 Å². The predicted octanol–water partition coefficient (Wildman–Crippen LogP) is 1.51. The topological polar surface area (TPSA) is 43.5 Å². The second kappa shape index (κ2) is 6.50. The third-order valence-electron chi connectivity index (χ3n) is 2.08. The smallest absolute Gasteiger partial charge is 0.248 e. The molecule has 4 heteroatoms. The minimum Gasteiger partial charge on any atom is -0.248 e. The summed E-state index contributed by atoms with van der Waals surface area (Å²) in [6.07, 6.45) is 8.90. The average molecular weight is 210 g/mol. The minimum absolute atomic E-state index is 0.581. The van der Waals surface area contributed by atoms with Gasteiger partial charge in [-0.15, -0.1) is 0 Å². The number of aromatic nitrogens is 2. The van der Waals surface area contributed by atoms with Gasteiger partial charge in [0.2, 0.25) is 0 Å². The van der Waals surface area contributed by atoms with Crippen molar-refractivity contribution < 1.29 is 4.57 Å². The highest BCUT2D eigenvalue weighted by Crippen LogP contribution is 2.00. The lowest BCUT2D eigenvalue weighted by Crippen LogP contribution is -2.35. The van der Waals surface area contributed by atoms with Crippen LogP contribution in [0, 0.1) is 11.3 Å². The molecule has 0 aliphatic rings. The van der Waals surface area contributed by atoms with Gasteiger partial charge in [-0.05, 0) is 18.4 Å². The van der Waals surface area contributed by atoms with Crippen LogP contribution in [0.3, 0.4) is 0 Å². The number of imidazole rings is 1. The van der Waals surface area contributed by atoms with Gasteiger partial charge in [0.05, 0.1) is 12.5 Å². The van der Waals surface area contributed by atoms with Crippen LogP contribution in [-0.4, -0.2) is 17.0 Å². The molecule has 0 spiro atoms. The Morgan fingerprint density at radius 3 is 3.21 bits per heavy atom. The fourth-order valence-electron chi connectivity index (χ4n) is 1.38. The van der Waals surface area contributed by atoms with Gasteiger partial charge in [0, 0.05) is 6.42 Å². The number of hydrogen-bond acceptors (Lipinski definition) is 2. The molecule has 1 N–H and O–H groups in total. The zero-order valence-corrected chi connectivity index (χ0v) is 9.31. The fourth-order valence-corrected chi connectivity index (χ4v) is 1.81. The highest BCUT2D eigenvalue weighted by Gasteiger charge is 2.08. The molecule has 0 aliphatic carbocycles. The molecule has 0 aromatic carbocycles. The first-order valence-electron chi connectivity index (χ1n) is 4.80. The van der Waals surface area contributed by atoms with Crippen LogP contribution in [0.5, 0.6) is 0 Å². The monoisotopic (exact) mass is 210 g/mol. The second-order valence-corrected chi connectivity index (χ2v) is 4.09. The summed E-state index contributed by atoms with van der Waals surface area (Å²) in [5.41, 5.74) is 0. The lowest BCUT2D eigenvalue weighted by Gasteiger charge is -1.97. The maximum absolute atomic E-state index is 8.49. The van der Waals surface area contributed by atoms with E-state index in [4.69, 9.17) is 5.26 Å². The Labute approximate surface area is 89.1 Å². The second-order valence-electron chi connectivity index (χ2n) is 3.10. The Kier molecular flexibility index (Phi) is 5.16. The molecule has 0 fully saturated rings. The predicted molar refractivity (Wildman–Crippen MR) is 57.9 cm³/mol. The van der Waals surface area contributed by atoms with Gasteiger partial charge in [-0.1, -0.05) is 0 Å². The molecule has 0 amide bonds. The zero-order chi connectivity index (χ0) is 10.2. The standard InChI is InChI=1S/C10H15N3S/c1-14-9-2-4-10-12-6-8-13(10)7-3-5-11/h6,8H,2-4,7,9H2,1H3/p+1. The zero-order valence-electron chi connectivity index (χ0n) is 8.49. The Balaban J connectivity index is 2.42. The number of H-pyrrole nitrogens is 1. The summed E-state index contributed by atoms with van der Waals surface area (Å²) in [6, 6.07) is 2.16. The number of thioether (sulfide) groups is 1. The first-order chi connectivity index (χ1) is 6.88. The average Bonchev–Trinajstić information content (AvgIpc) is 2.63.